The number of aliphatic hydroxyl groups excluding tert-OH is 1. The van der Waals surface area contributed by atoms with Gasteiger partial charge >= 0.3 is 0 Å². The number of piperidine rings is 1. The molecular weight excluding hydrogens is 313 g/mol. The number of nitrogens with one attached hydrogen (secondary N) is 1. The molecule has 1 atom stereocenters. The number of amides is 1. The minimum absolute atomic E-state index is 0.0422. The summed E-state index contributed by atoms with van der Waals surface area (Å²) in [4.78, 5) is 14.2. The van der Waals surface area contributed by atoms with Gasteiger partial charge in [-0.15, -0.1) is 0 Å². The predicted molar refractivity (Wildman–Crippen MR) is 85.1 cm³/mol. The molecule has 7 heteroatoms. The van der Waals surface area contributed by atoms with E-state index in [2.05, 4.69) is 10.2 Å². The van der Waals surface area contributed by atoms with Crippen LogP contribution < -0.4 is 4.74 Å². The molecule has 1 saturated heterocycles. The molecule has 1 aromatic carbocycles. The van der Waals surface area contributed by atoms with Gasteiger partial charge in [-0.25, -0.2) is 4.39 Å². The number of hydrogen-bond acceptors (Lipinski definition) is 4. The first-order chi connectivity index (χ1) is 11.7. The largest absolute Gasteiger partial charge is 0.484 e. The van der Waals surface area contributed by atoms with Gasteiger partial charge in [-0.3, -0.25) is 9.89 Å². The predicted octanol–water partition coefficient (Wildman–Crippen LogP) is 2.11. The van der Waals surface area contributed by atoms with E-state index in [0.29, 0.717) is 12.2 Å². The minimum atomic E-state index is -0.438. The van der Waals surface area contributed by atoms with E-state index in [-0.39, 0.29) is 36.6 Å². The lowest BCUT2D eigenvalue weighted by Crippen LogP contribution is -2.45. The van der Waals surface area contributed by atoms with E-state index in [1.807, 2.05) is 0 Å². The number of rotatable bonds is 5. The number of ether oxygens (including phenoxy) is 1. The summed E-state index contributed by atoms with van der Waals surface area (Å²) in [5.41, 5.74) is 0.863. The number of hydrogen-bond donors (Lipinski definition) is 2. The van der Waals surface area contributed by atoms with Crippen molar-refractivity contribution in [2.75, 3.05) is 13.2 Å². The Balaban J connectivity index is 1.64. The van der Waals surface area contributed by atoms with Crippen LogP contribution in [0, 0.1) is 5.82 Å². The van der Waals surface area contributed by atoms with E-state index in [9.17, 15) is 14.3 Å². The van der Waals surface area contributed by atoms with E-state index >= 15 is 0 Å². The summed E-state index contributed by atoms with van der Waals surface area (Å²) in [6.45, 7) is 0.669. The first-order valence-electron chi connectivity index (χ1n) is 8.02. The van der Waals surface area contributed by atoms with E-state index in [4.69, 9.17) is 4.74 Å². The fourth-order valence-electron chi connectivity index (χ4n) is 2.87. The number of para-hydroxylation sites is 1. The summed E-state index contributed by atoms with van der Waals surface area (Å²) in [6.07, 6.45) is 2.74. The maximum absolute atomic E-state index is 13.5. The normalized spacial score (nSPS) is 17.8. The molecule has 24 heavy (non-hydrogen) atoms. The number of likely N-dealkylation sites (tertiary alicyclic amines) is 1. The smallest absolute Gasteiger partial charge is 0.274 e. The SMILES string of the molecule is O=C(c1cc(COc2ccccc2F)[nH]n1)N1CCCC[C@H]1CO. The molecule has 1 aliphatic heterocycles. The molecule has 128 valence electrons. The van der Waals surface area contributed by atoms with Crippen molar-refractivity contribution < 1.29 is 19.0 Å². The number of aromatic nitrogens is 2. The highest BCUT2D eigenvalue weighted by Crippen LogP contribution is 2.20. The quantitative estimate of drug-likeness (QED) is 0.878. The fourth-order valence-corrected chi connectivity index (χ4v) is 2.87. The average Bonchev–Trinajstić information content (AvgIpc) is 3.09. The monoisotopic (exact) mass is 333 g/mol. The Kier molecular flexibility index (Phi) is 5.10. The summed E-state index contributed by atoms with van der Waals surface area (Å²) in [5.74, 6) is -0.495. The lowest BCUT2D eigenvalue weighted by molar-refractivity contribution is 0.0497. The van der Waals surface area contributed by atoms with Crippen LogP contribution in [0.15, 0.2) is 30.3 Å². The van der Waals surface area contributed by atoms with Crippen molar-refractivity contribution in [1.82, 2.24) is 15.1 Å². The summed E-state index contributed by atoms with van der Waals surface area (Å²) >= 11 is 0. The molecule has 2 N–H and O–H groups in total. The molecule has 0 aliphatic carbocycles. The molecule has 0 saturated carbocycles. The Morgan fingerprint density at radius 3 is 3.04 bits per heavy atom. The maximum atomic E-state index is 13.5. The van der Waals surface area contributed by atoms with Crippen LogP contribution >= 0.6 is 0 Å². The number of carbonyl (C=O) groups excluding carboxylic acids is 1. The van der Waals surface area contributed by atoms with Gasteiger partial charge in [-0.05, 0) is 37.5 Å². The highest BCUT2D eigenvalue weighted by Gasteiger charge is 2.28. The van der Waals surface area contributed by atoms with Gasteiger partial charge < -0.3 is 14.7 Å². The van der Waals surface area contributed by atoms with Crippen molar-refractivity contribution in [3.63, 3.8) is 0 Å². The Morgan fingerprint density at radius 2 is 2.25 bits per heavy atom. The van der Waals surface area contributed by atoms with Crippen LogP contribution in [-0.2, 0) is 6.61 Å². The number of aromatic amines is 1. The standard InChI is InChI=1S/C17H20FN3O3/c18-14-6-1-2-7-16(14)24-11-12-9-15(20-19-12)17(23)21-8-4-3-5-13(21)10-22/h1-2,6-7,9,13,22H,3-5,8,10-11H2,(H,19,20)/t13-/m0/s1. The first kappa shape index (κ1) is 16.4. The van der Waals surface area contributed by atoms with Gasteiger partial charge in [0.15, 0.2) is 17.3 Å². The van der Waals surface area contributed by atoms with Gasteiger partial charge in [0.25, 0.3) is 5.91 Å². The first-order valence-corrected chi connectivity index (χ1v) is 8.02. The van der Waals surface area contributed by atoms with E-state index in [0.717, 1.165) is 19.3 Å². The van der Waals surface area contributed by atoms with E-state index in [1.165, 1.54) is 12.1 Å². The molecule has 2 aromatic rings. The molecule has 2 heterocycles. The number of carbonyl (C=O) groups is 1. The molecule has 0 spiro atoms. The van der Waals surface area contributed by atoms with Crippen molar-refractivity contribution in [1.29, 1.82) is 0 Å². The molecule has 0 unspecified atom stereocenters. The number of benzene rings is 1. The van der Waals surface area contributed by atoms with Crippen molar-refractivity contribution >= 4 is 5.91 Å². The van der Waals surface area contributed by atoms with Crippen molar-refractivity contribution in [3.8, 4) is 5.75 Å². The lowest BCUT2D eigenvalue weighted by Gasteiger charge is -2.34. The van der Waals surface area contributed by atoms with Crippen molar-refractivity contribution in [2.45, 2.75) is 31.9 Å². The van der Waals surface area contributed by atoms with Gasteiger partial charge in [0.05, 0.1) is 18.3 Å². The molecule has 1 fully saturated rings. The Morgan fingerprint density at radius 1 is 1.42 bits per heavy atom. The highest BCUT2D eigenvalue weighted by atomic mass is 19.1. The fraction of sp³-hybridized carbons (Fsp3) is 0.412. The number of aliphatic hydroxyl groups is 1. The van der Waals surface area contributed by atoms with Crippen LogP contribution in [0.25, 0.3) is 0 Å². The zero-order chi connectivity index (χ0) is 16.9. The third kappa shape index (κ3) is 3.56. The van der Waals surface area contributed by atoms with Crippen LogP contribution in [0.2, 0.25) is 0 Å². The molecule has 1 aliphatic rings. The summed E-state index contributed by atoms with van der Waals surface area (Å²) in [6, 6.07) is 7.59. The zero-order valence-corrected chi connectivity index (χ0v) is 13.2. The molecule has 0 radical (unpaired) electrons. The third-order valence-electron chi connectivity index (χ3n) is 4.17. The lowest BCUT2D eigenvalue weighted by atomic mass is 10.0. The molecule has 1 aromatic heterocycles. The van der Waals surface area contributed by atoms with Crippen LogP contribution in [-0.4, -0.2) is 45.3 Å². The van der Waals surface area contributed by atoms with E-state index in [1.54, 1.807) is 23.1 Å². The second-order valence-electron chi connectivity index (χ2n) is 5.83. The van der Waals surface area contributed by atoms with Gasteiger partial charge in [-0.1, -0.05) is 12.1 Å². The number of nitrogens with zero attached hydrogens (tertiary/aromatic N) is 2. The van der Waals surface area contributed by atoms with Gasteiger partial charge in [-0.2, -0.15) is 5.10 Å². The summed E-state index contributed by atoms with van der Waals surface area (Å²) < 4.78 is 18.9. The average molecular weight is 333 g/mol. The van der Waals surface area contributed by atoms with Gasteiger partial charge in [0.1, 0.15) is 6.61 Å². The molecule has 1 amide bonds. The number of H-pyrrole nitrogens is 1. The molecular formula is C17H20FN3O3. The topological polar surface area (TPSA) is 78.5 Å². The van der Waals surface area contributed by atoms with Crippen molar-refractivity contribution in [2.24, 2.45) is 0 Å². The third-order valence-corrected chi connectivity index (χ3v) is 4.17. The van der Waals surface area contributed by atoms with Gasteiger partial charge in [0, 0.05) is 6.54 Å². The Labute approximate surface area is 139 Å². The van der Waals surface area contributed by atoms with Crippen LogP contribution in [0.1, 0.15) is 35.4 Å². The van der Waals surface area contributed by atoms with Gasteiger partial charge in [0.2, 0.25) is 0 Å². The highest BCUT2D eigenvalue weighted by molar-refractivity contribution is 5.92. The van der Waals surface area contributed by atoms with Crippen LogP contribution in [0.3, 0.4) is 0 Å². The minimum Gasteiger partial charge on any atom is -0.484 e. The summed E-state index contributed by atoms with van der Waals surface area (Å²) in [5, 5.41) is 16.2. The summed E-state index contributed by atoms with van der Waals surface area (Å²) in [7, 11) is 0. The van der Waals surface area contributed by atoms with Crippen LogP contribution in [0.4, 0.5) is 4.39 Å². The Hall–Kier alpha value is -2.41. The van der Waals surface area contributed by atoms with E-state index < -0.39 is 5.82 Å². The van der Waals surface area contributed by atoms with Crippen LogP contribution in [0.5, 0.6) is 5.75 Å². The maximum Gasteiger partial charge on any atom is 0.274 e. The molecule has 6 nitrogen and oxygen atoms in total. The Bertz CT molecular complexity index is 704. The number of halogens is 1. The molecule has 0 bridgehead atoms. The second kappa shape index (κ2) is 7.44. The second-order valence-corrected chi connectivity index (χ2v) is 5.83. The van der Waals surface area contributed by atoms with Crippen molar-refractivity contribution in [3.05, 3.63) is 47.5 Å². The zero-order valence-electron chi connectivity index (χ0n) is 13.2. The molecule has 3 rings (SSSR count).